The van der Waals surface area contributed by atoms with Gasteiger partial charge in [-0.1, -0.05) is 83.9 Å². The number of aryl methyl sites for hydroxylation is 6. The van der Waals surface area contributed by atoms with Crippen molar-refractivity contribution in [3.05, 3.63) is 141 Å². The lowest BCUT2D eigenvalue weighted by Crippen LogP contribution is -1.93. The number of carbonyl (C=O) groups is 2. The van der Waals surface area contributed by atoms with E-state index >= 15 is 0 Å². The number of aromatic carboxylic acids is 2. The van der Waals surface area contributed by atoms with Gasteiger partial charge in [0.25, 0.3) is 0 Å². The van der Waals surface area contributed by atoms with Gasteiger partial charge in [-0.3, -0.25) is 0 Å². The molecule has 0 amide bonds. The molecule has 4 aromatic carbocycles. The standard InChI is InChI=1S/C20H24.2C7H6O2/c1-13-9-15(3)19(16(4)10-13)7-8-20-17(5)11-14(2)12-18(20)6;2*8-7(9)6-4-2-1-3-5-6/h7-12H,1-6H3;2*1-5H,(H,8,9). The van der Waals surface area contributed by atoms with Crippen LogP contribution in [0.15, 0.2) is 84.9 Å². The van der Waals surface area contributed by atoms with E-state index in [0.29, 0.717) is 11.1 Å². The molecule has 0 saturated carbocycles. The minimum absolute atomic E-state index is 0.331. The van der Waals surface area contributed by atoms with E-state index in [0.717, 1.165) is 0 Å². The van der Waals surface area contributed by atoms with Crippen molar-refractivity contribution in [2.24, 2.45) is 0 Å². The van der Waals surface area contributed by atoms with Gasteiger partial charge in [-0.05, 0) is 99.2 Å². The predicted molar refractivity (Wildman–Crippen MR) is 157 cm³/mol. The second kappa shape index (κ2) is 14.3. The van der Waals surface area contributed by atoms with Crippen molar-refractivity contribution in [2.45, 2.75) is 41.5 Å². The molecule has 2 N–H and O–H groups in total. The Morgan fingerprint density at radius 2 is 0.763 bits per heavy atom. The molecular formula is C34H36O4. The van der Waals surface area contributed by atoms with Crippen molar-refractivity contribution in [1.82, 2.24) is 0 Å². The maximum atomic E-state index is 10.2. The lowest BCUT2D eigenvalue weighted by molar-refractivity contribution is 0.0686. The van der Waals surface area contributed by atoms with Gasteiger partial charge in [0, 0.05) is 0 Å². The van der Waals surface area contributed by atoms with Crippen LogP contribution in [0.4, 0.5) is 0 Å². The highest BCUT2D eigenvalue weighted by Crippen LogP contribution is 2.22. The van der Waals surface area contributed by atoms with Gasteiger partial charge in [-0.2, -0.15) is 0 Å². The lowest BCUT2D eigenvalue weighted by atomic mass is 9.96. The minimum atomic E-state index is -0.879. The van der Waals surface area contributed by atoms with Crippen LogP contribution in [0, 0.1) is 41.5 Å². The van der Waals surface area contributed by atoms with Crippen molar-refractivity contribution in [2.75, 3.05) is 0 Å². The van der Waals surface area contributed by atoms with Crippen LogP contribution >= 0.6 is 0 Å². The molecule has 0 fully saturated rings. The van der Waals surface area contributed by atoms with E-state index in [1.54, 1.807) is 60.7 Å². The van der Waals surface area contributed by atoms with Crippen molar-refractivity contribution in [3.63, 3.8) is 0 Å². The Bertz CT molecular complexity index is 1250. The molecule has 4 aromatic rings. The third kappa shape index (κ3) is 9.21. The number of carboxylic acid groups (broad SMARTS) is 2. The highest BCUT2D eigenvalue weighted by Gasteiger charge is 2.03. The van der Waals surface area contributed by atoms with Gasteiger partial charge < -0.3 is 10.2 Å². The largest absolute Gasteiger partial charge is 0.478 e. The average molecular weight is 509 g/mol. The first-order valence-electron chi connectivity index (χ1n) is 12.4. The van der Waals surface area contributed by atoms with Gasteiger partial charge in [0.05, 0.1) is 11.1 Å². The third-order valence-electron chi connectivity index (χ3n) is 5.93. The molecule has 0 aliphatic rings. The van der Waals surface area contributed by atoms with E-state index in [-0.39, 0.29) is 0 Å². The van der Waals surface area contributed by atoms with Gasteiger partial charge in [0.2, 0.25) is 0 Å². The molecule has 196 valence electrons. The summed E-state index contributed by atoms with van der Waals surface area (Å²) in [6, 6.07) is 25.6. The van der Waals surface area contributed by atoms with Gasteiger partial charge in [0.1, 0.15) is 0 Å². The zero-order valence-electron chi connectivity index (χ0n) is 22.9. The minimum Gasteiger partial charge on any atom is -0.478 e. The zero-order chi connectivity index (χ0) is 28.2. The van der Waals surface area contributed by atoms with Crippen LogP contribution in [0.5, 0.6) is 0 Å². The zero-order valence-corrected chi connectivity index (χ0v) is 22.9. The molecule has 0 radical (unpaired) electrons. The molecule has 0 heterocycles. The van der Waals surface area contributed by atoms with Crippen molar-refractivity contribution in [3.8, 4) is 0 Å². The summed E-state index contributed by atoms with van der Waals surface area (Å²) in [6.45, 7) is 13.1. The van der Waals surface area contributed by atoms with Crippen LogP contribution in [0.2, 0.25) is 0 Å². The second-order valence-electron chi connectivity index (χ2n) is 9.30. The van der Waals surface area contributed by atoms with Crippen LogP contribution in [0.1, 0.15) is 65.2 Å². The van der Waals surface area contributed by atoms with Gasteiger partial charge in [-0.15, -0.1) is 0 Å². The molecule has 0 aliphatic carbocycles. The van der Waals surface area contributed by atoms with Gasteiger partial charge in [0.15, 0.2) is 0 Å². The van der Waals surface area contributed by atoms with Gasteiger partial charge in [-0.25, -0.2) is 9.59 Å². The number of carboxylic acids is 2. The first-order valence-corrected chi connectivity index (χ1v) is 12.4. The quantitative estimate of drug-likeness (QED) is 0.271. The molecule has 4 nitrogen and oxygen atoms in total. The fraction of sp³-hybridized carbons (Fsp3) is 0.176. The van der Waals surface area contributed by atoms with Crippen LogP contribution in [-0.4, -0.2) is 22.2 Å². The number of hydrogen-bond acceptors (Lipinski definition) is 2. The molecule has 0 atom stereocenters. The van der Waals surface area contributed by atoms with E-state index in [1.165, 1.54) is 44.5 Å². The Balaban J connectivity index is 0.000000232. The first-order chi connectivity index (χ1) is 18.0. The van der Waals surface area contributed by atoms with Crippen LogP contribution in [0.25, 0.3) is 12.2 Å². The number of hydrogen-bond donors (Lipinski definition) is 2. The monoisotopic (exact) mass is 508 g/mol. The predicted octanol–water partition coefficient (Wildman–Crippen LogP) is 8.48. The normalized spacial score (nSPS) is 10.2. The maximum absolute atomic E-state index is 10.2. The van der Waals surface area contributed by atoms with E-state index in [4.69, 9.17) is 10.2 Å². The van der Waals surface area contributed by atoms with Gasteiger partial charge >= 0.3 is 11.9 Å². The van der Waals surface area contributed by atoms with E-state index in [1.807, 2.05) is 0 Å². The third-order valence-corrected chi connectivity index (χ3v) is 5.93. The smallest absolute Gasteiger partial charge is 0.335 e. The SMILES string of the molecule is Cc1cc(C)c(C=Cc2c(C)cc(C)cc2C)c(C)c1.O=C(O)c1ccccc1.O=C(O)c1ccccc1. The molecule has 0 aliphatic heterocycles. The number of rotatable bonds is 4. The summed E-state index contributed by atoms with van der Waals surface area (Å²) in [7, 11) is 0. The summed E-state index contributed by atoms with van der Waals surface area (Å²) < 4.78 is 0. The fourth-order valence-electron chi connectivity index (χ4n) is 4.24. The molecule has 0 unspecified atom stereocenters. The van der Waals surface area contributed by atoms with Crippen LogP contribution in [0.3, 0.4) is 0 Å². The fourth-order valence-corrected chi connectivity index (χ4v) is 4.24. The Kier molecular flexibility index (Phi) is 11.2. The van der Waals surface area contributed by atoms with E-state index in [2.05, 4.69) is 78.0 Å². The van der Waals surface area contributed by atoms with Crippen molar-refractivity contribution in [1.29, 1.82) is 0 Å². The topological polar surface area (TPSA) is 74.6 Å². The Labute approximate surface area is 225 Å². The lowest BCUT2D eigenvalue weighted by Gasteiger charge is -2.09. The molecule has 0 saturated heterocycles. The van der Waals surface area contributed by atoms with Crippen molar-refractivity contribution < 1.29 is 19.8 Å². The summed E-state index contributed by atoms with van der Waals surface area (Å²) in [5.74, 6) is -1.76. The Hall–Kier alpha value is -4.44. The Morgan fingerprint density at radius 1 is 0.500 bits per heavy atom. The molecule has 0 bridgehead atoms. The van der Waals surface area contributed by atoms with E-state index < -0.39 is 11.9 Å². The summed E-state index contributed by atoms with van der Waals surface area (Å²) in [4.78, 5) is 20.4. The Morgan fingerprint density at radius 3 is 0.974 bits per heavy atom. The van der Waals surface area contributed by atoms with Crippen LogP contribution < -0.4 is 0 Å². The summed E-state index contributed by atoms with van der Waals surface area (Å²) in [6.07, 6.45) is 4.52. The molecule has 38 heavy (non-hydrogen) atoms. The molecule has 4 rings (SSSR count). The highest BCUT2D eigenvalue weighted by atomic mass is 16.4. The maximum Gasteiger partial charge on any atom is 0.335 e. The molecule has 0 aromatic heterocycles. The van der Waals surface area contributed by atoms with Crippen molar-refractivity contribution >= 4 is 24.1 Å². The molecule has 0 spiro atoms. The molecule has 4 heteroatoms. The van der Waals surface area contributed by atoms with Crippen LogP contribution in [-0.2, 0) is 0 Å². The summed E-state index contributed by atoms with van der Waals surface area (Å²) >= 11 is 0. The van der Waals surface area contributed by atoms with E-state index in [9.17, 15) is 9.59 Å². The average Bonchev–Trinajstić information content (AvgIpc) is 2.86. The highest BCUT2D eigenvalue weighted by molar-refractivity contribution is 5.87. The summed E-state index contributed by atoms with van der Waals surface area (Å²) in [5.41, 5.74) is 11.4. The summed E-state index contributed by atoms with van der Waals surface area (Å²) in [5, 5.41) is 16.8. The molecular weight excluding hydrogens is 472 g/mol. The second-order valence-corrected chi connectivity index (χ2v) is 9.30. The first kappa shape index (κ1) is 29.8. The number of benzene rings is 4.